The zero-order valence-electron chi connectivity index (χ0n) is 16.4. The summed E-state index contributed by atoms with van der Waals surface area (Å²) in [6.07, 6.45) is 1.21. The van der Waals surface area contributed by atoms with Gasteiger partial charge in [0.1, 0.15) is 0 Å². The van der Waals surface area contributed by atoms with Crippen molar-refractivity contribution in [3.8, 4) is 5.69 Å². The highest BCUT2D eigenvalue weighted by molar-refractivity contribution is 7.89. The monoisotopic (exact) mass is 420 g/mol. The zero-order chi connectivity index (χ0) is 21.2. The van der Waals surface area contributed by atoms with E-state index in [1.54, 1.807) is 25.1 Å². The van der Waals surface area contributed by atoms with Crippen LogP contribution in [-0.2, 0) is 24.3 Å². The molecular formula is C20H24N2O6S. The van der Waals surface area contributed by atoms with Crippen LogP contribution in [0.25, 0.3) is 5.69 Å². The molecule has 1 aliphatic heterocycles. The molecule has 0 spiro atoms. The first kappa shape index (κ1) is 21.2. The lowest BCUT2D eigenvalue weighted by Crippen LogP contribution is -2.27. The summed E-state index contributed by atoms with van der Waals surface area (Å²) in [6, 6.07) is 7.81. The summed E-state index contributed by atoms with van der Waals surface area (Å²) in [5, 5.41) is 5.13. The number of carbonyl (C=O) groups is 2. The maximum atomic E-state index is 12.6. The number of esters is 1. The molecule has 1 aromatic carbocycles. The number of primary sulfonamides is 1. The lowest BCUT2D eigenvalue weighted by Gasteiger charge is -2.20. The number of hydrogen-bond acceptors (Lipinski definition) is 6. The fourth-order valence-electron chi connectivity index (χ4n) is 3.49. The summed E-state index contributed by atoms with van der Waals surface area (Å²) >= 11 is 0. The van der Waals surface area contributed by atoms with E-state index in [1.165, 1.54) is 12.1 Å². The Hall–Kier alpha value is -2.49. The molecule has 0 saturated carbocycles. The number of ketones is 1. The first-order valence-corrected chi connectivity index (χ1v) is 10.8. The number of nitrogens with zero attached hydrogens (tertiary/aromatic N) is 1. The van der Waals surface area contributed by atoms with Crippen molar-refractivity contribution in [2.45, 2.75) is 31.6 Å². The SMILES string of the molecule is Cc1cc(C(=O)COC(=O)C2CCOCC2)c(C)n1-c1ccc(S(N)(=O)=O)cc1. The second-order valence-electron chi connectivity index (χ2n) is 7.08. The van der Waals surface area contributed by atoms with Gasteiger partial charge >= 0.3 is 5.97 Å². The van der Waals surface area contributed by atoms with E-state index < -0.39 is 10.0 Å². The van der Waals surface area contributed by atoms with Crippen molar-refractivity contribution in [1.82, 2.24) is 4.57 Å². The molecule has 0 atom stereocenters. The molecule has 0 amide bonds. The first-order chi connectivity index (χ1) is 13.7. The van der Waals surface area contributed by atoms with Crippen molar-refractivity contribution in [3.05, 3.63) is 47.3 Å². The predicted molar refractivity (Wildman–Crippen MR) is 105 cm³/mol. The van der Waals surface area contributed by atoms with E-state index in [2.05, 4.69) is 0 Å². The lowest BCUT2D eigenvalue weighted by molar-refractivity contribution is -0.150. The van der Waals surface area contributed by atoms with Crippen LogP contribution >= 0.6 is 0 Å². The van der Waals surface area contributed by atoms with Crippen LogP contribution in [0.1, 0.15) is 34.6 Å². The van der Waals surface area contributed by atoms with E-state index in [0.29, 0.717) is 43.0 Å². The fourth-order valence-corrected chi connectivity index (χ4v) is 4.01. The van der Waals surface area contributed by atoms with E-state index >= 15 is 0 Å². The van der Waals surface area contributed by atoms with Crippen LogP contribution < -0.4 is 5.14 Å². The van der Waals surface area contributed by atoms with Crippen LogP contribution in [-0.4, -0.2) is 44.6 Å². The number of ether oxygens (including phenoxy) is 2. The molecule has 9 heteroatoms. The molecule has 8 nitrogen and oxygen atoms in total. The van der Waals surface area contributed by atoms with Gasteiger partial charge in [-0.2, -0.15) is 0 Å². The Bertz CT molecular complexity index is 1020. The largest absolute Gasteiger partial charge is 0.457 e. The number of nitrogens with two attached hydrogens (primary N) is 1. The number of Topliss-reactive ketones (excluding diaryl/α,β-unsaturated/α-hetero) is 1. The van der Waals surface area contributed by atoms with Crippen molar-refractivity contribution >= 4 is 21.8 Å². The Labute approximate surface area is 169 Å². The van der Waals surface area contributed by atoms with Gasteiger partial charge in [0.05, 0.1) is 10.8 Å². The van der Waals surface area contributed by atoms with Gasteiger partial charge in [0.15, 0.2) is 6.61 Å². The average Bonchev–Trinajstić information content (AvgIpc) is 3.00. The van der Waals surface area contributed by atoms with E-state index in [-0.39, 0.29) is 29.2 Å². The molecule has 29 heavy (non-hydrogen) atoms. The number of rotatable bonds is 6. The first-order valence-electron chi connectivity index (χ1n) is 9.28. The summed E-state index contributed by atoms with van der Waals surface area (Å²) in [4.78, 5) is 24.8. The third-order valence-electron chi connectivity index (χ3n) is 5.06. The molecule has 0 aliphatic carbocycles. The predicted octanol–water partition coefficient (Wildman–Crippen LogP) is 1.89. The molecule has 0 bridgehead atoms. The average molecular weight is 420 g/mol. The Balaban J connectivity index is 1.74. The summed E-state index contributed by atoms with van der Waals surface area (Å²) in [7, 11) is -3.77. The van der Waals surface area contributed by atoms with Gasteiger partial charge in [-0.3, -0.25) is 9.59 Å². The smallest absolute Gasteiger partial charge is 0.309 e. The molecule has 2 heterocycles. The molecule has 0 radical (unpaired) electrons. The van der Waals surface area contributed by atoms with Crippen LogP contribution in [0, 0.1) is 19.8 Å². The quantitative estimate of drug-likeness (QED) is 0.563. The molecule has 3 rings (SSSR count). The van der Waals surface area contributed by atoms with Crippen molar-refractivity contribution in [3.63, 3.8) is 0 Å². The molecule has 2 aromatic rings. The van der Waals surface area contributed by atoms with Crippen molar-refractivity contribution in [1.29, 1.82) is 0 Å². The minimum Gasteiger partial charge on any atom is -0.457 e. The topological polar surface area (TPSA) is 118 Å². The number of aromatic nitrogens is 1. The molecule has 1 fully saturated rings. The van der Waals surface area contributed by atoms with Gasteiger partial charge in [-0.25, -0.2) is 13.6 Å². The number of hydrogen-bond donors (Lipinski definition) is 1. The van der Waals surface area contributed by atoms with Crippen molar-refractivity contribution < 1.29 is 27.5 Å². The third kappa shape index (κ3) is 4.75. The number of carbonyl (C=O) groups excluding carboxylic acids is 2. The lowest BCUT2D eigenvalue weighted by atomic mass is 10.0. The molecule has 1 aliphatic rings. The Morgan fingerprint density at radius 2 is 1.79 bits per heavy atom. The minimum atomic E-state index is -3.77. The third-order valence-corrected chi connectivity index (χ3v) is 5.98. The van der Waals surface area contributed by atoms with Crippen LogP contribution in [0.15, 0.2) is 35.2 Å². The molecule has 0 unspecified atom stereocenters. The summed E-state index contributed by atoms with van der Waals surface area (Å²) < 4.78 is 35.1. The van der Waals surface area contributed by atoms with Gasteiger partial charge in [0.2, 0.25) is 15.8 Å². The molecule has 1 aromatic heterocycles. The molecular weight excluding hydrogens is 396 g/mol. The Morgan fingerprint density at radius 1 is 1.17 bits per heavy atom. The maximum absolute atomic E-state index is 12.6. The number of sulfonamides is 1. The Morgan fingerprint density at radius 3 is 2.38 bits per heavy atom. The van der Waals surface area contributed by atoms with Gasteiger partial charge in [-0.1, -0.05) is 0 Å². The highest BCUT2D eigenvalue weighted by Crippen LogP contribution is 2.23. The van der Waals surface area contributed by atoms with Crippen LogP contribution in [0.2, 0.25) is 0 Å². The normalized spacial score (nSPS) is 15.3. The highest BCUT2D eigenvalue weighted by atomic mass is 32.2. The summed E-state index contributed by atoms with van der Waals surface area (Å²) in [5.41, 5.74) is 2.63. The van der Waals surface area contributed by atoms with E-state index in [4.69, 9.17) is 14.6 Å². The molecule has 1 saturated heterocycles. The molecule has 156 valence electrons. The summed E-state index contributed by atoms with van der Waals surface area (Å²) in [6.45, 7) is 4.36. The highest BCUT2D eigenvalue weighted by Gasteiger charge is 2.25. The van der Waals surface area contributed by atoms with Gasteiger partial charge < -0.3 is 14.0 Å². The van der Waals surface area contributed by atoms with Gasteiger partial charge in [-0.15, -0.1) is 0 Å². The van der Waals surface area contributed by atoms with E-state index in [9.17, 15) is 18.0 Å². The van der Waals surface area contributed by atoms with Crippen molar-refractivity contribution in [2.24, 2.45) is 11.1 Å². The van der Waals surface area contributed by atoms with Gasteiger partial charge in [0, 0.05) is 35.9 Å². The van der Waals surface area contributed by atoms with Crippen LogP contribution in [0.5, 0.6) is 0 Å². The standard InChI is InChI=1S/C20H24N2O6S/c1-13-11-18(19(23)12-28-20(24)15-7-9-27-10-8-15)14(2)22(13)16-3-5-17(6-4-16)29(21,25)26/h3-6,11,15H,7-10,12H2,1-2H3,(H2,21,25,26). The van der Waals surface area contributed by atoms with Crippen molar-refractivity contribution in [2.75, 3.05) is 19.8 Å². The fraction of sp³-hybridized carbons (Fsp3) is 0.400. The van der Waals surface area contributed by atoms with E-state index in [0.717, 1.165) is 5.69 Å². The minimum absolute atomic E-state index is 0.0139. The number of aryl methyl sites for hydroxylation is 1. The van der Waals surface area contributed by atoms with Crippen LogP contribution in [0.3, 0.4) is 0 Å². The maximum Gasteiger partial charge on any atom is 0.309 e. The zero-order valence-corrected chi connectivity index (χ0v) is 17.2. The molecule has 2 N–H and O–H groups in total. The van der Waals surface area contributed by atoms with Gasteiger partial charge in [0.25, 0.3) is 0 Å². The van der Waals surface area contributed by atoms with Gasteiger partial charge in [-0.05, 0) is 57.0 Å². The second-order valence-corrected chi connectivity index (χ2v) is 8.64. The number of benzene rings is 1. The second kappa shape index (κ2) is 8.48. The van der Waals surface area contributed by atoms with Crippen LogP contribution in [0.4, 0.5) is 0 Å². The summed E-state index contributed by atoms with van der Waals surface area (Å²) in [5.74, 6) is -0.874. The van der Waals surface area contributed by atoms with E-state index in [1.807, 2.05) is 11.5 Å². The Kier molecular flexibility index (Phi) is 6.21.